The van der Waals surface area contributed by atoms with E-state index in [1.54, 1.807) is 4.46 Å². The average Bonchev–Trinajstić information content (AvgIpc) is 2.46. The first-order valence-electron chi connectivity index (χ1n) is 8.53. The van der Waals surface area contributed by atoms with E-state index in [9.17, 15) is 0 Å². The van der Waals surface area contributed by atoms with Gasteiger partial charge in [-0.3, -0.25) is 0 Å². The molecule has 114 valence electrons. The second-order valence-corrected chi connectivity index (χ2v) is 8.18. The Kier molecular flexibility index (Phi) is 11.1. The summed E-state index contributed by atoms with van der Waals surface area (Å²) >= 11 is 0.700. The van der Waals surface area contributed by atoms with Crippen LogP contribution >= 0.6 is 0 Å². The van der Waals surface area contributed by atoms with Crippen LogP contribution in [-0.4, -0.2) is 15.0 Å². The Morgan fingerprint density at radius 1 is 0.750 bits per heavy atom. The van der Waals surface area contributed by atoms with Crippen molar-refractivity contribution in [2.24, 2.45) is 0 Å². The third-order valence-corrected chi connectivity index (χ3v) is 6.50. The van der Waals surface area contributed by atoms with Crippen molar-refractivity contribution in [1.82, 2.24) is 0 Å². The van der Waals surface area contributed by atoms with Crippen molar-refractivity contribution in [2.75, 3.05) is 0 Å². The Hall–Kier alpha value is -0.261. The number of hydrogen-bond acceptors (Lipinski definition) is 0. The van der Waals surface area contributed by atoms with E-state index in [1.165, 1.54) is 75.1 Å². The molecule has 20 heavy (non-hydrogen) atoms. The van der Waals surface area contributed by atoms with Crippen molar-refractivity contribution in [1.29, 1.82) is 0 Å². The summed E-state index contributed by atoms with van der Waals surface area (Å²) in [7, 11) is 0. The van der Waals surface area contributed by atoms with Crippen LogP contribution in [0.2, 0.25) is 5.32 Å². The Balaban J connectivity index is 1.87. The molecule has 0 unspecified atom stereocenters. The molecule has 0 spiro atoms. The fourth-order valence-electron chi connectivity index (χ4n) is 2.49. The minimum absolute atomic E-state index is 0.700. The molecule has 1 aromatic carbocycles. The fourth-order valence-corrected chi connectivity index (χ4v) is 4.67. The number of aryl methyl sites for hydroxylation is 1. The quantitative estimate of drug-likeness (QED) is 0.340. The molecule has 0 radical (unpaired) electrons. The molecule has 0 bridgehead atoms. The molecule has 0 atom stereocenters. The second kappa shape index (κ2) is 12.5. The van der Waals surface area contributed by atoms with E-state index in [-0.39, 0.29) is 0 Å². The zero-order valence-electron chi connectivity index (χ0n) is 13.5. The summed E-state index contributed by atoms with van der Waals surface area (Å²) in [5.41, 5.74) is 1.49. The zero-order valence-corrected chi connectivity index (χ0v) is 15.2. The maximum atomic E-state index is 2.31. The molecule has 0 amide bonds. The number of benzene rings is 1. The summed E-state index contributed by atoms with van der Waals surface area (Å²) in [5.74, 6) is 0. The van der Waals surface area contributed by atoms with Crippen LogP contribution in [0.5, 0.6) is 0 Å². The summed E-state index contributed by atoms with van der Waals surface area (Å²) in [6, 6.07) is 8.89. The van der Waals surface area contributed by atoms with E-state index in [0.29, 0.717) is 15.0 Å². The first-order chi connectivity index (χ1) is 9.84. The van der Waals surface area contributed by atoms with Gasteiger partial charge in [-0.25, -0.2) is 0 Å². The van der Waals surface area contributed by atoms with Crippen molar-refractivity contribution in [2.45, 2.75) is 83.4 Å². The monoisotopic (exact) mass is 340 g/mol. The maximum absolute atomic E-state index is 2.31. The normalized spacial score (nSPS) is 10.9. The van der Waals surface area contributed by atoms with Gasteiger partial charge in [-0.05, 0) is 0 Å². The van der Waals surface area contributed by atoms with Crippen LogP contribution in [0.4, 0.5) is 0 Å². The molecule has 1 aromatic rings. The van der Waals surface area contributed by atoms with Crippen LogP contribution in [0, 0.1) is 6.92 Å². The van der Waals surface area contributed by atoms with E-state index < -0.39 is 0 Å². The van der Waals surface area contributed by atoms with Gasteiger partial charge in [-0.1, -0.05) is 0 Å². The third kappa shape index (κ3) is 8.82. The molecule has 0 aliphatic rings. The van der Waals surface area contributed by atoms with Gasteiger partial charge in [0, 0.05) is 0 Å². The van der Waals surface area contributed by atoms with Gasteiger partial charge in [0.2, 0.25) is 0 Å². The predicted molar refractivity (Wildman–Crippen MR) is 93.2 cm³/mol. The summed E-state index contributed by atoms with van der Waals surface area (Å²) in [6.45, 7) is 4.54. The van der Waals surface area contributed by atoms with Crippen molar-refractivity contribution < 1.29 is 0 Å². The Morgan fingerprint density at radius 3 is 1.90 bits per heavy atom. The molecule has 0 aromatic heterocycles. The van der Waals surface area contributed by atoms with E-state index in [2.05, 4.69) is 38.1 Å². The van der Waals surface area contributed by atoms with Gasteiger partial charge < -0.3 is 0 Å². The third-order valence-electron chi connectivity index (χ3n) is 3.85. The predicted octanol–water partition coefficient (Wildman–Crippen LogP) is 5.66. The van der Waals surface area contributed by atoms with Gasteiger partial charge in [0.25, 0.3) is 0 Å². The van der Waals surface area contributed by atoms with Crippen molar-refractivity contribution in [3.63, 3.8) is 0 Å². The van der Waals surface area contributed by atoms with Gasteiger partial charge in [-0.15, -0.1) is 0 Å². The van der Waals surface area contributed by atoms with Crippen LogP contribution in [0.15, 0.2) is 24.3 Å². The topological polar surface area (TPSA) is 0 Å². The number of hydrogen-bond donors (Lipinski definition) is 0. The van der Waals surface area contributed by atoms with Crippen molar-refractivity contribution in [3.05, 3.63) is 29.8 Å². The first kappa shape index (κ1) is 17.8. The Bertz CT molecular complexity index is 332. The van der Waals surface area contributed by atoms with E-state index in [1.807, 2.05) is 0 Å². The van der Waals surface area contributed by atoms with Gasteiger partial charge >= 0.3 is 133 Å². The van der Waals surface area contributed by atoms with Gasteiger partial charge in [-0.2, -0.15) is 0 Å². The van der Waals surface area contributed by atoms with Crippen LogP contribution < -0.4 is 4.46 Å². The van der Waals surface area contributed by atoms with Gasteiger partial charge in [0.05, 0.1) is 0 Å². The molecular weight excluding hydrogens is 307 g/mol. The summed E-state index contributed by atoms with van der Waals surface area (Å²) in [4.78, 5) is 0. The first-order valence-corrected chi connectivity index (χ1v) is 10.6. The molecule has 1 heteroatoms. The minimum atomic E-state index is 0.700. The summed E-state index contributed by atoms with van der Waals surface area (Å²) < 4.78 is 1.61. The molecular formula is C19H32Se. The van der Waals surface area contributed by atoms with E-state index >= 15 is 0 Å². The molecule has 1 rings (SSSR count). The van der Waals surface area contributed by atoms with Gasteiger partial charge in [0.1, 0.15) is 0 Å². The fraction of sp³-hybridized carbons (Fsp3) is 0.684. The summed E-state index contributed by atoms with van der Waals surface area (Å²) in [5, 5.41) is 1.42. The van der Waals surface area contributed by atoms with Crippen LogP contribution in [0.1, 0.15) is 76.7 Å². The molecule has 0 aliphatic heterocycles. The average molecular weight is 339 g/mol. The molecule has 0 fully saturated rings. The van der Waals surface area contributed by atoms with Crippen LogP contribution in [0.3, 0.4) is 0 Å². The number of rotatable bonds is 12. The van der Waals surface area contributed by atoms with Crippen LogP contribution in [-0.2, 0) is 0 Å². The van der Waals surface area contributed by atoms with Crippen molar-refractivity contribution in [3.8, 4) is 0 Å². The molecule has 0 N–H and O–H groups in total. The van der Waals surface area contributed by atoms with Crippen molar-refractivity contribution >= 4 is 19.4 Å². The SMILES string of the molecule is CCCCCCCCCCCC[Se]c1ccccc1C. The molecule has 0 saturated heterocycles. The second-order valence-electron chi connectivity index (χ2n) is 5.80. The molecule has 0 heterocycles. The molecule has 0 saturated carbocycles. The standard InChI is InChI=1S/C19H32Se/c1-3-4-5-6-7-8-9-10-11-14-17-20-19-16-13-12-15-18(19)2/h12-13,15-16H,3-11,14,17H2,1-2H3. The molecule has 0 nitrogen and oxygen atoms in total. The zero-order chi connectivity index (χ0) is 14.5. The van der Waals surface area contributed by atoms with Crippen LogP contribution in [0.25, 0.3) is 0 Å². The van der Waals surface area contributed by atoms with E-state index in [0.717, 1.165) is 0 Å². The number of unbranched alkanes of at least 4 members (excludes halogenated alkanes) is 9. The Labute approximate surface area is 132 Å². The summed E-state index contributed by atoms with van der Waals surface area (Å²) in [6.07, 6.45) is 14.4. The van der Waals surface area contributed by atoms with E-state index in [4.69, 9.17) is 0 Å². The van der Waals surface area contributed by atoms with Gasteiger partial charge in [0.15, 0.2) is 0 Å². The Morgan fingerprint density at radius 2 is 1.30 bits per heavy atom. The molecule has 0 aliphatic carbocycles.